The summed E-state index contributed by atoms with van der Waals surface area (Å²) in [7, 11) is 0. The topological polar surface area (TPSA) is 38.7 Å². The van der Waals surface area contributed by atoms with Crippen LogP contribution >= 0.6 is 0 Å². The van der Waals surface area contributed by atoms with Gasteiger partial charge in [-0.3, -0.25) is 0 Å². The van der Waals surface area contributed by atoms with Crippen LogP contribution in [0.5, 0.6) is 0 Å². The van der Waals surface area contributed by atoms with Gasteiger partial charge in [-0.25, -0.2) is 4.79 Å². The van der Waals surface area contributed by atoms with E-state index in [4.69, 9.17) is 0 Å². The molecule has 0 aromatic rings. The molecule has 0 aliphatic heterocycles. The lowest BCUT2D eigenvalue weighted by molar-refractivity contribution is -0.141. The molecule has 0 bridgehead atoms. The second-order valence-electron chi connectivity index (χ2n) is 2.09. The highest BCUT2D eigenvalue weighted by Gasteiger charge is 2.10. The Morgan fingerprint density at radius 2 is 2.33 bits per heavy atom. The molecule has 0 spiro atoms. The number of rotatable bonds is 1. The van der Waals surface area contributed by atoms with Crippen molar-refractivity contribution in [2.45, 2.75) is 26.2 Å². The van der Waals surface area contributed by atoms with E-state index in [1.54, 1.807) is 0 Å². The van der Waals surface area contributed by atoms with Gasteiger partial charge in [0, 0.05) is 6.92 Å². The third-order valence-corrected chi connectivity index (χ3v) is 1.23. The van der Waals surface area contributed by atoms with Crippen LogP contribution in [0.25, 0.3) is 0 Å². The smallest absolute Gasteiger partial charge is 0.319 e. The number of carbonyl (C=O) groups is 1. The largest absolute Gasteiger partial charge is 0.331 e. The van der Waals surface area contributed by atoms with Crippen molar-refractivity contribution in [1.29, 1.82) is 0 Å². The molecule has 0 atom stereocenters. The van der Waals surface area contributed by atoms with Crippen LogP contribution in [0, 0.1) is 0 Å². The summed E-state index contributed by atoms with van der Waals surface area (Å²) in [6.45, 7) is 1.35. The first kappa shape index (κ1) is 6.26. The van der Waals surface area contributed by atoms with Gasteiger partial charge >= 0.3 is 5.97 Å². The summed E-state index contributed by atoms with van der Waals surface area (Å²) in [5.41, 5.74) is 1.00. The fourth-order valence-corrected chi connectivity index (χ4v) is 0.555. The molecular formula is C6H9NO2. The number of nitrogens with zero attached hydrogens (tertiary/aromatic N) is 1. The minimum Gasteiger partial charge on any atom is -0.319 e. The molecule has 0 heterocycles. The molecule has 9 heavy (non-hydrogen) atoms. The molecule has 50 valence electrons. The van der Waals surface area contributed by atoms with E-state index < -0.39 is 0 Å². The maximum absolute atomic E-state index is 10.2. The molecule has 3 heteroatoms. The van der Waals surface area contributed by atoms with Gasteiger partial charge in [0.25, 0.3) is 0 Å². The highest BCUT2D eigenvalue weighted by atomic mass is 16.7. The van der Waals surface area contributed by atoms with Gasteiger partial charge in [0.1, 0.15) is 0 Å². The van der Waals surface area contributed by atoms with Crippen LogP contribution in [0.15, 0.2) is 5.16 Å². The molecule has 0 radical (unpaired) electrons. The summed E-state index contributed by atoms with van der Waals surface area (Å²) in [5, 5.41) is 3.60. The van der Waals surface area contributed by atoms with Crippen LogP contribution in [0.2, 0.25) is 0 Å². The molecule has 0 amide bonds. The van der Waals surface area contributed by atoms with Crippen LogP contribution in [0.3, 0.4) is 0 Å². The van der Waals surface area contributed by atoms with Gasteiger partial charge in [0.2, 0.25) is 0 Å². The van der Waals surface area contributed by atoms with Gasteiger partial charge in [0.15, 0.2) is 0 Å². The molecule has 0 N–H and O–H groups in total. The van der Waals surface area contributed by atoms with E-state index in [0.717, 1.165) is 18.6 Å². The summed E-state index contributed by atoms with van der Waals surface area (Å²) in [4.78, 5) is 14.6. The minimum atomic E-state index is -0.339. The highest BCUT2D eigenvalue weighted by Crippen LogP contribution is 2.14. The normalized spacial score (nSPS) is 16.3. The third kappa shape index (κ3) is 1.83. The van der Waals surface area contributed by atoms with Crippen molar-refractivity contribution in [2.75, 3.05) is 0 Å². The quantitative estimate of drug-likeness (QED) is 0.390. The Morgan fingerprint density at radius 1 is 1.67 bits per heavy atom. The summed E-state index contributed by atoms with van der Waals surface area (Å²) >= 11 is 0. The Morgan fingerprint density at radius 3 is 2.67 bits per heavy atom. The van der Waals surface area contributed by atoms with Crippen molar-refractivity contribution in [2.24, 2.45) is 5.16 Å². The van der Waals surface area contributed by atoms with Crippen molar-refractivity contribution in [3.8, 4) is 0 Å². The van der Waals surface area contributed by atoms with Crippen LogP contribution in [0.4, 0.5) is 0 Å². The van der Waals surface area contributed by atoms with Crippen LogP contribution in [-0.2, 0) is 9.63 Å². The van der Waals surface area contributed by atoms with Crippen molar-refractivity contribution in [1.82, 2.24) is 0 Å². The first-order valence-corrected chi connectivity index (χ1v) is 3.02. The van der Waals surface area contributed by atoms with E-state index in [1.807, 2.05) is 0 Å². The van der Waals surface area contributed by atoms with Crippen molar-refractivity contribution in [3.05, 3.63) is 0 Å². The fourth-order valence-electron chi connectivity index (χ4n) is 0.555. The number of carbonyl (C=O) groups excluding carboxylic acids is 1. The van der Waals surface area contributed by atoms with E-state index >= 15 is 0 Å². The predicted molar refractivity (Wildman–Crippen MR) is 33.1 cm³/mol. The highest BCUT2D eigenvalue weighted by molar-refractivity contribution is 5.89. The summed E-state index contributed by atoms with van der Waals surface area (Å²) in [6.07, 6.45) is 3.17. The second-order valence-corrected chi connectivity index (χ2v) is 2.09. The Labute approximate surface area is 53.7 Å². The zero-order valence-corrected chi connectivity index (χ0v) is 5.39. The molecule has 0 aromatic heterocycles. The van der Waals surface area contributed by atoms with Crippen molar-refractivity contribution >= 4 is 11.7 Å². The van der Waals surface area contributed by atoms with Gasteiger partial charge in [0.05, 0.1) is 5.71 Å². The Kier molecular flexibility index (Phi) is 1.82. The van der Waals surface area contributed by atoms with Crippen molar-refractivity contribution in [3.63, 3.8) is 0 Å². The van der Waals surface area contributed by atoms with Crippen LogP contribution < -0.4 is 0 Å². The molecule has 1 aliphatic carbocycles. The average Bonchev–Trinajstić information content (AvgIpc) is 1.60. The molecule has 0 unspecified atom stereocenters. The Hall–Kier alpha value is -0.860. The molecular weight excluding hydrogens is 118 g/mol. The Bertz CT molecular complexity index is 145. The first-order valence-electron chi connectivity index (χ1n) is 3.02. The maximum Gasteiger partial charge on any atom is 0.331 e. The standard InChI is InChI=1S/C6H9NO2/c1-5(8)9-7-6-3-2-4-6/h2-4H2,1H3. The molecule has 1 fully saturated rings. The van der Waals surface area contributed by atoms with Gasteiger partial charge in [-0.05, 0) is 19.3 Å². The zero-order chi connectivity index (χ0) is 6.69. The fraction of sp³-hybridized carbons (Fsp3) is 0.667. The summed E-state index contributed by atoms with van der Waals surface area (Å²) in [6, 6.07) is 0. The van der Waals surface area contributed by atoms with Gasteiger partial charge in [-0.1, -0.05) is 5.16 Å². The lowest BCUT2D eigenvalue weighted by Crippen LogP contribution is -2.10. The average molecular weight is 127 g/mol. The molecule has 1 aliphatic rings. The lowest BCUT2D eigenvalue weighted by atomic mass is 9.98. The maximum atomic E-state index is 10.2. The molecule has 0 aromatic carbocycles. The number of hydrogen-bond donors (Lipinski definition) is 0. The number of oxime groups is 1. The Balaban J connectivity index is 2.22. The van der Waals surface area contributed by atoms with Gasteiger partial charge < -0.3 is 4.84 Å². The van der Waals surface area contributed by atoms with E-state index in [-0.39, 0.29) is 5.97 Å². The van der Waals surface area contributed by atoms with Crippen LogP contribution in [0.1, 0.15) is 26.2 Å². The van der Waals surface area contributed by atoms with E-state index in [9.17, 15) is 4.79 Å². The third-order valence-electron chi connectivity index (χ3n) is 1.23. The SMILES string of the molecule is CC(=O)ON=C1CCC1. The molecule has 3 nitrogen and oxygen atoms in total. The first-order chi connectivity index (χ1) is 4.29. The van der Waals surface area contributed by atoms with E-state index in [0.29, 0.717) is 0 Å². The molecule has 0 saturated heterocycles. The zero-order valence-electron chi connectivity index (χ0n) is 5.39. The van der Waals surface area contributed by atoms with E-state index in [1.165, 1.54) is 13.3 Å². The molecule has 1 saturated carbocycles. The van der Waals surface area contributed by atoms with Gasteiger partial charge in [-0.2, -0.15) is 0 Å². The molecule has 1 rings (SSSR count). The van der Waals surface area contributed by atoms with Gasteiger partial charge in [-0.15, -0.1) is 0 Å². The summed E-state index contributed by atoms with van der Waals surface area (Å²) in [5.74, 6) is -0.339. The second kappa shape index (κ2) is 2.62. The monoisotopic (exact) mass is 127 g/mol. The minimum absolute atomic E-state index is 0.339. The van der Waals surface area contributed by atoms with E-state index in [2.05, 4.69) is 9.99 Å². The lowest BCUT2D eigenvalue weighted by Gasteiger charge is -2.11. The predicted octanol–water partition coefficient (Wildman–Crippen LogP) is 1.09. The summed E-state index contributed by atoms with van der Waals surface area (Å²) < 4.78 is 0. The number of hydrogen-bond acceptors (Lipinski definition) is 3. The van der Waals surface area contributed by atoms with Crippen LogP contribution in [-0.4, -0.2) is 11.7 Å². The van der Waals surface area contributed by atoms with Crippen molar-refractivity contribution < 1.29 is 9.63 Å².